The van der Waals surface area contributed by atoms with Crippen LogP contribution in [-0.2, 0) is 28.7 Å². The lowest BCUT2D eigenvalue weighted by Crippen LogP contribution is -2.69. The van der Waals surface area contributed by atoms with Crippen molar-refractivity contribution in [1.82, 2.24) is 10.6 Å². The molecule has 15 nitrogen and oxygen atoms in total. The molecule has 0 aromatic carbocycles. The van der Waals surface area contributed by atoms with Crippen molar-refractivity contribution < 1.29 is 58.3 Å². The van der Waals surface area contributed by atoms with Crippen molar-refractivity contribution in [2.24, 2.45) is 22.7 Å². The van der Waals surface area contributed by atoms with Crippen LogP contribution in [-0.4, -0.2) is 100 Å². The van der Waals surface area contributed by atoms with E-state index >= 15 is 4.39 Å². The van der Waals surface area contributed by atoms with Crippen molar-refractivity contribution in [2.75, 3.05) is 26.3 Å². The molecule has 0 heterocycles. The lowest BCUT2D eigenvalue weighted by molar-refractivity contribution is -0.757. The minimum Gasteiger partial charge on any atom is -0.435 e. The van der Waals surface area contributed by atoms with Crippen LogP contribution in [0.4, 0.5) is 9.18 Å². The first-order chi connectivity index (χ1) is 21.0. The first kappa shape index (κ1) is 34.4. The van der Waals surface area contributed by atoms with Crippen molar-refractivity contribution in [2.45, 2.75) is 82.6 Å². The molecule has 0 bridgehead atoms. The molecule has 3 saturated carbocycles. The molecule has 0 radical (unpaired) electrons. The number of rotatable bonds is 12. The highest BCUT2D eigenvalue weighted by Gasteiger charge is 2.76. The average molecular weight is 642 g/mol. The van der Waals surface area contributed by atoms with Gasteiger partial charge < -0.3 is 40.3 Å². The van der Waals surface area contributed by atoms with Crippen molar-refractivity contribution in [3.05, 3.63) is 33.9 Å². The van der Waals surface area contributed by atoms with Gasteiger partial charge in [0.05, 0.1) is 18.8 Å². The number of esters is 1. The van der Waals surface area contributed by atoms with E-state index in [4.69, 9.17) is 9.47 Å². The number of carbonyl (C=O) groups is 4. The summed E-state index contributed by atoms with van der Waals surface area (Å²) >= 11 is 0. The number of ether oxygens (including phenoxy) is 2. The van der Waals surface area contributed by atoms with Gasteiger partial charge in [-0.05, 0) is 64.0 Å². The molecule has 2 amide bonds. The van der Waals surface area contributed by atoms with Gasteiger partial charge in [0, 0.05) is 23.3 Å². The van der Waals surface area contributed by atoms with E-state index in [2.05, 4.69) is 15.5 Å². The van der Waals surface area contributed by atoms with E-state index in [1.54, 1.807) is 13.8 Å². The summed E-state index contributed by atoms with van der Waals surface area (Å²) in [6, 6.07) is -0.740. The molecule has 0 aromatic rings. The normalized spacial score (nSPS) is 37.3. The van der Waals surface area contributed by atoms with Crippen LogP contribution >= 0.6 is 0 Å². The Morgan fingerprint density at radius 3 is 2.60 bits per heavy atom. The highest BCUT2D eigenvalue weighted by Crippen LogP contribution is 2.69. The number of amides is 2. The molecule has 0 aromatic heterocycles. The van der Waals surface area contributed by atoms with Gasteiger partial charge in [-0.3, -0.25) is 14.4 Å². The zero-order valence-corrected chi connectivity index (χ0v) is 25.3. The highest BCUT2D eigenvalue weighted by molar-refractivity contribution is 6.01. The second-order valence-corrected chi connectivity index (χ2v) is 12.6. The van der Waals surface area contributed by atoms with Crippen LogP contribution in [0.25, 0.3) is 0 Å². The number of nitrogens with one attached hydrogen (secondary N) is 2. The van der Waals surface area contributed by atoms with Crippen LogP contribution in [0, 0.1) is 32.8 Å². The molecule has 0 aliphatic heterocycles. The Hall–Kier alpha value is -3.47. The Bertz CT molecular complexity index is 1290. The molecule has 0 spiro atoms. The number of Topliss-reactive ketones (excluding diaryl/α,β-unsaturated/α-hetero) is 1. The lowest BCUT2D eigenvalue weighted by atomic mass is 9.44. The summed E-state index contributed by atoms with van der Waals surface area (Å²) in [4.78, 5) is 63.5. The van der Waals surface area contributed by atoms with E-state index in [1.807, 2.05) is 0 Å². The van der Waals surface area contributed by atoms with Gasteiger partial charge in [-0.2, -0.15) is 0 Å². The molecule has 4 aliphatic carbocycles. The van der Waals surface area contributed by atoms with Gasteiger partial charge in [0.15, 0.2) is 22.8 Å². The third-order valence-corrected chi connectivity index (χ3v) is 10.2. The monoisotopic (exact) mass is 641 g/mol. The number of urea groups is 1. The summed E-state index contributed by atoms with van der Waals surface area (Å²) in [5.41, 5.74) is -6.72. The zero-order valence-electron chi connectivity index (χ0n) is 25.3. The van der Waals surface area contributed by atoms with Crippen LogP contribution in [0.2, 0.25) is 0 Å². The largest absolute Gasteiger partial charge is 0.435 e. The molecule has 4 rings (SSSR count). The van der Waals surface area contributed by atoms with E-state index in [9.17, 15) is 44.6 Å². The number of nitrogens with zero attached hydrogens (tertiary/aromatic N) is 1. The molecule has 4 aliphatic rings. The Balaban J connectivity index is 1.34. The van der Waals surface area contributed by atoms with Gasteiger partial charge in [-0.25, -0.2) is 9.18 Å². The van der Waals surface area contributed by atoms with Gasteiger partial charge in [-0.15, -0.1) is 10.1 Å². The zero-order chi connectivity index (χ0) is 33.4. The first-order valence-corrected chi connectivity index (χ1v) is 14.9. The quantitative estimate of drug-likeness (QED) is 0.0643. The summed E-state index contributed by atoms with van der Waals surface area (Å²) in [6.45, 7) is 2.98. The number of ketones is 2. The van der Waals surface area contributed by atoms with Crippen LogP contribution in [0.15, 0.2) is 23.8 Å². The summed E-state index contributed by atoms with van der Waals surface area (Å²) in [6.07, 6.45) is 0.0221. The van der Waals surface area contributed by atoms with E-state index in [-0.39, 0.29) is 44.6 Å². The van der Waals surface area contributed by atoms with Crippen molar-refractivity contribution in [1.29, 1.82) is 0 Å². The molecule has 9 atom stereocenters. The van der Waals surface area contributed by atoms with Crippen LogP contribution in [0.3, 0.4) is 0 Å². The predicted molar refractivity (Wildman–Crippen MR) is 150 cm³/mol. The maximum atomic E-state index is 17.2. The number of hydrogen-bond acceptors (Lipinski definition) is 12. The Morgan fingerprint density at radius 1 is 1.20 bits per heavy atom. The Kier molecular flexibility index (Phi) is 9.73. The summed E-state index contributed by atoms with van der Waals surface area (Å²) < 4.78 is 27.6. The number of allylic oxidation sites excluding steroid dienone is 4. The number of halogens is 1. The Morgan fingerprint density at radius 2 is 1.91 bits per heavy atom. The standard InChI is InChI=1S/C29H40FN3O12/c1-16(45-24(38)14-32-25(39)31-9-4-10-44-33(41)42)43-15-23(37)29(40)21(35)12-20-19-6-5-17-11-18(34)7-8-26(17,2)28(19,30)22(36)13-27(20,29)3/h7-8,11,16,19-22,35-36,40H,4-6,9-10,12-15H2,1-3H3,(H2,31,32,39)/t16?,19-,20-,21+,22-,26-,27-,28-,29-/m0/s1. The number of aliphatic hydroxyl groups is 3. The van der Waals surface area contributed by atoms with Gasteiger partial charge >= 0.3 is 12.0 Å². The van der Waals surface area contributed by atoms with Gasteiger partial charge in [0.25, 0.3) is 5.09 Å². The average Bonchev–Trinajstić information content (AvgIpc) is 3.17. The van der Waals surface area contributed by atoms with E-state index in [1.165, 1.54) is 25.2 Å². The van der Waals surface area contributed by atoms with Crippen LogP contribution in [0.5, 0.6) is 0 Å². The third-order valence-electron chi connectivity index (χ3n) is 10.2. The maximum Gasteiger partial charge on any atom is 0.327 e. The maximum absolute atomic E-state index is 17.2. The fourth-order valence-electron chi connectivity index (χ4n) is 7.92. The number of aliphatic hydroxyl groups excluding tert-OH is 2. The molecule has 3 fully saturated rings. The molecule has 45 heavy (non-hydrogen) atoms. The minimum atomic E-state index is -2.40. The summed E-state index contributed by atoms with van der Waals surface area (Å²) in [5.74, 6) is -3.62. The third kappa shape index (κ3) is 5.95. The van der Waals surface area contributed by atoms with E-state index < -0.39 is 88.5 Å². The SMILES string of the molecule is CC(OCC(=O)[C@@]1(O)[C@H](O)C[C@H]2[C@@H]3CCC4=CC(=O)C=C[C@]4(C)[C@@]3(F)[C@@H](O)C[C@@]21C)OC(=O)CNC(=O)NCCCO[N+](=O)[O-]. The van der Waals surface area contributed by atoms with Gasteiger partial charge in [-0.1, -0.05) is 18.6 Å². The molecule has 0 saturated heterocycles. The highest BCUT2D eigenvalue weighted by atomic mass is 19.1. The summed E-state index contributed by atoms with van der Waals surface area (Å²) in [7, 11) is 0. The number of fused-ring (bicyclic) bond motifs is 5. The topological polar surface area (TPSA) is 224 Å². The van der Waals surface area contributed by atoms with Gasteiger partial charge in [0.1, 0.15) is 13.2 Å². The van der Waals surface area contributed by atoms with E-state index in [0.29, 0.717) is 12.0 Å². The first-order valence-electron chi connectivity index (χ1n) is 14.9. The van der Waals surface area contributed by atoms with Crippen molar-refractivity contribution in [3.8, 4) is 0 Å². The fraction of sp³-hybridized carbons (Fsp3) is 0.724. The summed E-state index contributed by atoms with van der Waals surface area (Å²) in [5, 5.41) is 48.0. The minimum absolute atomic E-state index is 0.0461. The lowest BCUT2D eigenvalue weighted by Gasteiger charge is -2.62. The van der Waals surface area contributed by atoms with Gasteiger partial charge in [0.2, 0.25) is 6.29 Å². The predicted octanol–water partition coefficient (Wildman–Crippen LogP) is 0.432. The molecule has 5 N–H and O–H groups in total. The second kappa shape index (κ2) is 12.7. The molecular formula is C29H40FN3O12. The van der Waals surface area contributed by atoms with E-state index in [0.717, 1.165) is 0 Å². The molecular weight excluding hydrogens is 601 g/mol. The number of hydrogen-bond donors (Lipinski definition) is 5. The van der Waals surface area contributed by atoms with Crippen molar-refractivity contribution >= 4 is 23.6 Å². The smallest absolute Gasteiger partial charge is 0.327 e. The molecule has 250 valence electrons. The second-order valence-electron chi connectivity index (χ2n) is 12.6. The van der Waals surface area contributed by atoms with Crippen LogP contribution < -0.4 is 10.6 Å². The number of carbonyl (C=O) groups excluding carboxylic acids is 4. The number of alkyl halides is 1. The van der Waals surface area contributed by atoms with Crippen molar-refractivity contribution in [3.63, 3.8) is 0 Å². The molecule has 1 unspecified atom stereocenters. The Labute approximate surface area is 258 Å². The van der Waals surface area contributed by atoms with Crippen LogP contribution in [0.1, 0.15) is 52.9 Å². The molecule has 16 heteroatoms. The fourth-order valence-corrected chi connectivity index (χ4v) is 7.92.